The minimum Gasteiger partial charge on any atom is -0.478 e. The fourth-order valence-corrected chi connectivity index (χ4v) is 4.05. The number of carboxylic acids is 1. The Hall–Kier alpha value is -1.28. The van der Waals surface area contributed by atoms with E-state index in [2.05, 4.69) is 5.32 Å². The standard InChI is InChI=1S/C17H28NO7P/c1-3-24-17(25-4-2)26(22,23)12-15(19)11-18-9-8-13-6-5-7-14(10-13)16(20)21/h5-7,10,15,17-19H,3-4,8-9,11-12H2,1-2H3,(H,20,21)(H,22,23)/t15-/m1/s1. The van der Waals surface area contributed by atoms with E-state index in [9.17, 15) is 19.4 Å². The minimum absolute atomic E-state index is 0.133. The van der Waals surface area contributed by atoms with Crippen molar-refractivity contribution < 1.29 is 33.9 Å². The number of aliphatic hydroxyl groups is 1. The minimum atomic E-state index is -3.82. The highest BCUT2D eigenvalue weighted by atomic mass is 31.2. The Kier molecular flexibility index (Phi) is 10.0. The molecule has 1 rings (SSSR count). The average Bonchev–Trinajstić information content (AvgIpc) is 2.58. The van der Waals surface area contributed by atoms with Crippen molar-refractivity contribution in [3.05, 3.63) is 35.4 Å². The lowest BCUT2D eigenvalue weighted by Gasteiger charge is -2.24. The van der Waals surface area contributed by atoms with Gasteiger partial charge in [-0.25, -0.2) is 4.79 Å². The molecule has 26 heavy (non-hydrogen) atoms. The summed E-state index contributed by atoms with van der Waals surface area (Å²) in [5.41, 5.74) is 1.08. The van der Waals surface area contributed by atoms with Crippen molar-refractivity contribution in [2.75, 3.05) is 32.5 Å². The summed E-state index contributed by atoms with van der Waals surface area (Å²) in [5, 5.41) is 22.0. The fourth-order valence-electron chi connectivity index (χ4n) is 2.38. The van der Waals surface area contributed by atoms with E-state index in [1.807, 2.05) is 6.07 Å². The normalized spacial score (nSPS) is 15.0. The van der Waals surface area contributed by atoms with E-state index in [1.165, 1.54) is 6.07 Å². The number of carbonyl (C=O) groups is 1. The zero-order valence-corrected chi connectivity index (χ0v) is 16.0. The van der Waals surface area contributed by atoms with Crippen molar-refractivity contribution in [2.24, 2.45) is 0 Å². The molecule has 1 aromatic rings. The van der Waals surface area contributed by atoms with E-state index in [1.54, 1.807) is 26.0 Å². The molecule has 0 saturated heterocycles. The fraction of sp³-hybridized carbons (Fsp3) is 0.588. The van der Waals surface area contributed by atoms with Gasteiger partial charge in [-0.1, -0.05) is 12.1 Å². The number of aliphatic hydroxyl groups excluding tert-OH is 1. The molecule has 0 aliphatic heterocycles. The van der Waals surface area contributed by atoms with Crippen molar-refractivity contribution in [3.8, 4) is 0 Å². The number of hydrogen-bond donors (Lipinski definition) is 4. The Morgan fingerprint density at radius 3 is 2.50 bits per heavy atom. The van der Waals surface area contributed by atoms with Crippen LogP contribution in [0.3, 0.4) is 0 Å². The molecule has 0 spiro atoms. The molecule has 0 aromatic heterocycles. The van der Waals surface area contributed by atoms with Crippen LogP contribution in [0.15, 0.2) is 24.3 Å². The van der Waals surface area contributed by atoms with Crippen molar-refractivity contribution >= 4 is 13.3 Å². The third-order valence-electron chi connectivity index (χ3n) is 3.56. The molecule has 4 N–H and O–H groups in total. The van der Waals surface area contributed by atoms with Crippen LogP contribution in [0.4, 0.5) is 0 Å². The van der Waals surface area contributed by atoms with Crippen LogP contribution in [-0.2, 0) is 20.5 Å². The van der Waals surface area contributed by atoms with Crippen LogP contribution in [0.5, 0.6) is 0 Å². The molecule has 0 amide bonds. The number of carboxylic acid groups (broad SMARTS) is 1. The van der Waals surface area contributed by atoms with E-state index < -0.39 is 25.5 Å². The van der Waals surface area contributed by atoms with Crippen LogP contribution in [0.2, 0.25) is 0 Å². The van der Waals surface area contributed by atoms with Gasteiger partial charge in [0.1, 0.15) is 0 Å². The first-order valence-electron chi connectivity index (χ1n) is 8.55. The molecule has 0 heterocycles. The van der Waals surface area contributed by atoms with Crippen molar-refractivity contribution in [2.45, 2.75) is 32.4 Å². The van der Waals surface area contributed by atoms with Gasteiger partial charge < -0.3 is 29.9 Å². The molecule has 0 fully saturated rings. The number of rotatable bonds is 13. The first-order chi connectivity index (χ1) is 12.3. The van der Waals surface area contributed by atoms with Crippen molar-refractivity contribution in [1.29, 1.82) is 0 Å². The molecule has 8 nitrogen and oxygen atoms in total. The average molecular weight is 389 g/mol. The van der Waals surface area contributed by atoms with E-state index in [-0.39, 0.29) is 31.5 Å². The Morgan fingerprint density at radius 1 is 1.27 bits per heavy atom. The van der Waals surface area contributed by atoms with Crippen LogP contribution in [0.25, 0.3) is 0 Å². The molecule has 2 atom stereocenters. The summed E-state index contributed by atoms with van der Waals surface area (Å²) >= 11 is 0. The molecule has 1 aromatic carbocycles. The van der Waals surface area contributed by atoms with Gasteiger partial charge in [0.2, 0.25) is 6.03 Å². The molecule has 0 saturated carbocycles. The van der Waals surface area contributed by atoms with E-state index in [0.29, 0.717) is 13.0 Å². The van der Waals surface area contributed by atoms with Gasteiger partial charge in [0.05, 0.1) is 17.8 Å². The maximum atomic E-state index is 12.3. The first kappa shape index (κ1) is 22.8. The highest BCUT2D eigenvalue weighted by Crippen LogP contribution is 2.47. The lowest BCUT2D eigenvalue weighted by Crippen LogP contribution is -2.32. The molecule has 0 aliphatic carbocycles. The third kappa shape index (κ3) is 7.95. The summed E-state index contributed by atoms with van der Waals surface area (Å²) in [7, 11) is -3.82. The van der Waals surface area contributed by atoms with Crippen LogP contribution >= 0.6 is 7.37 Å². The summed E-state index contributed by atoms with van der Waals surface area (Å²) in [6, 6.07) is 5.39. The monoisotopic (exact) mass is 389 g/mol. The van der Waals surface area contributed by atoms with Gasteiger partial charge in [-0.05, 0) is 44.5 Å². The van der Waals surface area contributed by atoms with E-state index in [4.69, 9.17) is 14.6 Å². The Bertz CT molecular complexity index is 605. The third-order valence-corrected chi connectivity index (χ3v) is 5.47. The zero-order chi connectivity index (χ0) is 19.6. The van der Waals surface area contributed by atoms with Crippen LogP contribution in [-0.4, -0.2) is 65.7 Å². The topological polar surface area (TPSA) is 125 Å². The summed E-state index contributed by atoms with van der Waals surface area (Å²) < 4.78 is 22.6. The molecule has 0 bridgehead atoms. The quantitative estimate of drug-likeness (QED) is 0.227. The summed E-state index contributed by atoms with van der Waals surface area (Å²) in [6.07, 6.45) is -0.788. The molecule has 9 heteroatoms. The largest absolute Gasteiger partial charge is 0.478 e. The number of aromatic carboxylic acids is 1. The van der Waals surface area contributed by atoms with E-state index in [0.717, 1.165) is 5.56 Å². The van der Waals surface area contributed by atoms with Gasteiger partial charge in [0.25, 0.3) is 7.37 Å². The zero-order valence-electron chi connectivity index (χ0n) is 15.1. The van der Waals surface area contributed by atoms with Crippen molar-refractivity contribution in [3.63, 3.8) is 0 Å². The molecular formula is C17H28NO7P. The molecule has 148 valence electrons. The Morgan fingerprint density at radius 2 is 1.92 bits per heavy atom. The number of ether oxygens (including phenoxy) is 2. The maximum Gasteiger partial charge on any atom is 0.335 e. The molecular weight excluding hydrogens is 361 g/mol. The highest BCUT2D eigenvalue weighted by molar-refractivity contribution is 7.58. The highest BCUT2D eigenvalue weighted by Gasteiger charge is 2.34. The number of hydrogen-bond acceptors (Lipinski definition) is 6. The second kappa shape index (κ2) is 11.4. The number of nitrogens with one attached hydrogen (secondary N) is 1. The number of benzene rings is 1. The van der Waals surface area contributed by atoms with Crippen LogP contribution in [0, 0.1) is 0 Å². The van der Waals surface area contributed by atoms with Crippen LogP contribution < -0.4 is 5.32 Å². The summed E-state index contributed by atoms with van der Waals surface area (Å²) in [5.74, 6) is -0.980. The second-order valence-electron chi connectivity index (χ2n) is 5.77. The van der Waals surface area contributed by atoms with Gasteiger partial charge in [0, 0.05) is 19.8 Å². The Balaban J connectivity index is 2.41. The smallest absolute Gasteiger partial charge is 0.335 e. The first-order valence-corrected chi connectivity index (χ1v) is 10.5. The van der Waals surface area contributed by atoms with Crippen LogP contribution in [0.1, 0.15) is 29.8 Å². The van der Waals surface area contributed by atoms with Gasteiger partial charge in [-0.15, -0.1) is 0 Å². The molecule has 0 radical (unpaired) electrons. The van der Waals surface area contributed by atoms with E-state index >= 15 is 0 Å². The lowest BCUT2D eigenvalue weighted by molar-refractivity contribution is -0.0876. The maximum absolute atomic E-state index is 12.3. The van der Waals surface area contributed by atoms with Gasteiger partial charge in [0.15, 0.2) is 0 Å². The molecule has 0 aliphatic rings. The SMILES string of the molecule is CCOC(OCC)P(=O)(O)C[C@H](O)CNCCc1cccc(C(=O)O)c1. The molecule has 1 unspecified atom stereocenters. The second-order valence-corrected chi connectivity index (χ2v) is 8.07. The van der Waals surface area contributed by atoms with Gasteiger partial charge >= 0.3 is 5.97 Å². The lowest BCUT2D eigenvalue weighted by atomic mass is 10.1. The van der Waals surface area contributed by atoms with Gasteiger partial charge in [-0.2, -0.15) is 0 Å². The predicted octanol–water partition coefficient (Wildman–Crippen LogP) is 1.50. The van der Waals surface area contributed by atoms with Crippen molar-refractivity contribution in [1.82, 2.24) is 5.32 Å². The summed E-state index contributed by atoms with van der Waals surface area (Å²) in [6.45, 7) is 4.50. The van der Waals surface area contributed by atoms with Gasteiger partial charge in [-0.3, -0.25) is 4.57 Å². The predicted molar refractivity (Wildman–Crippen MR) is 97.7 cm³/mol. The summed E-state index contributed by atoms with van der Waals surface area (Å²) in [4.78, 5) is 21.0. The Labute approximate surface area is 153 Å².